The summed E-state index contributed by atoms with van der Waals surface area (Å²) in [6, 6.07) is 5.04. The highest BCUT2D eigenvalue weighted by Gasteiger charge is 2.58. The summed E-state index contributed by atoms with van der Waals surface area (Å²) in [5.41, 5.74) is -3.51. The van der Waals surface area contributed by atoms with Gasteiger partial charge in [-0.15, -0.1) is 0 Å². The van der Waals surface area contributed by atoms with Gasteiger partial charge >= 0.3 is 18.0 Å². The zero-order valence-corrected chi connectivity index (χ0v) is 26.9. The summed E-state index contributed by atoms with van der Waals surface area (Å²) in [4.78, 5) is 78.6. The highest BCUT2D eigenvalue weighted by atomic mass is 16.6. The number of rotatable bonds is 15. The van der Waals surface area contributed by atoms with Crippen LogP contribution in [0.2, 0.25) is 0 Å². The summed E-state index contributed by atoms with van der Waals surface area (Å²) >= 11 is 0. The van der Waals surface area contributed by atoms with Crippen molar-refractivity contribution in [1.29, 1.82) is 0 Å². The fourth-order valence-corrected chi connectivity index (χ4v) is 4.61. The van der Waals surface area contributed by atoms with E-state index in [1.165, 1.54) is 12.1 Å². The summed E-state index contributed by atoms with van der Waals surface area (Å²) in [5, 5.41) is 19.4. The first-order valence-corrected chi connectivity index (χ1v) is 14.3. The van der Waals surface area contributed by atoms with E-state index in [1.807, 2.05) is 0 Å². The van der Waals surface area contributed by atoms with E-state index in [1.54, 1.807) is 66.7 Å². The number of ether oxygens (including phenoxy) is 3. The predicted octanol–water partition coefficient (Wildman–Crippen LogP) is 2.72. The molecule has 44 heavy (non-hydrogen) atoms. The minimum absolute atomic E-state index is 0.0489. The van der Waals surface area contributed by atoms with Crippen LogP contribution in [-0.2, 0) is 33.4 Å². The molecular weight excluding hydrogens is 576 g/mol. The van der Waals surface area contributed by atoms with Gasteiger partial charge in [0, 0.05) is 4.92 Å². The van der Waals surface area contributed by atoms with Gasteiger partial charge in [0.05, 0.1) is 20.1 Å². The normalized spacial score (nSPS) is 14.8. The van der Waals surface area contributed by atoms with Crippen molar-refractivity contribution in [3.8, 4) is 0 Å². The zero-order valence-electron chi connectivity index (χ0n) is 26.9. The molecule has 0 heterocycles. The Labute approximate surface area is 258 Å². The lowest BCUT2D eigenvalue weighted by Gasteiger charge is -2.38. The van der Waals surface area contributed by atoms with E-state index in [4.69, 9.17) is 14.2 Å². The molecule has 246 valence electrons. The van der Waals surface area contributed by atoms with Crippen molar-refractivity contribution < 1.29 is 43.1 Å². The third kappa shape index (κ3) is 11.1. The van der Waals surface area contributed by atoms with Crippen LogP contribution in [-0.4, -0.2) is 78.8 Å². The van der Waals surface area contributed by atoms with Gasteiger partial charge in [-0.3, -0.25) is 19.7 Å². The van der Waals surface area contributed by atoms with Crippen LogP contribution in [0.1, 0.15) is 72.8 Å². The summed E-state index contributed by atoms with van der Waals surface area (Å²) in [6.45, 7) is 11.0. The molecule has 1 aromatic rings. The van der Waals surface area contributed by atoms with Gasteiger partial charge in [0.15, 0.2) is 0 Å². The van der Waals surface area contributed by atoms with Gasteiger partial charge in [0.1, 0.15) is 17.7 Å². The topological polar surface area (TPSA) is 192 Å². The third-order valence-corrected chi connectivity index (χ3v) is 6.45. The number of nitrogens with zero attached hydrogens (tertiary/aromatic N) is 1. The number of hydrogen-bond acceptors (Lipinski definition) is 10. The summed E-state index contributed by atoms with van der Waals surface area (Å²) in [6.07, 6.45) is -0.794. The van der Waals surface area contributed by atoms with Crippen molar-refractivity contribution in [3.05, 3.63) is 46.0 Å². The van der Waals surface area contributed by atoms with E-state index in [-0.39, 0.29) is 30.2 Å². The summed E-state index contributed by atoms with van der Waals surface area (Å²) < 4.78 is 15.2. The lowest BCUT2D eigenvalue weighted by molar-refractivity contribution is -0.484. The molecule has 0 aliphatic carbocycles. The predicted molar refractivity (Wildman–Crippen MR) is 160 cm³/mol. The monoisotopic (exact) mass is 622 g/mol. The van der Waals surface area contributed by atoms with Gasteiger partial charge in [0.2, 0.25) is 18.0 Å². The first-order chi connectivity index (χ1) is 20.4. The molecule has 4 atom stereocenters. The van der Waals surface area contributed by atoms with E-state index >= 15 is 0 Å². The van der Waals surface area contributed by atoms with E-state index in [0.29, 0.717) is 0 Å². The Morgan fingerprint density at radius 1 is 0.864 bits per heavy atom. The number of benzene rings is 1. The lowest BCUT2D eigenvalue weighted by Crippen LogP contribution is -2.71. The van der Waals surface area contributed by atoms with Crippen molar-refractivity contribution in [1.82, 2.24) is 16.0 Å². The molecule has 0 aliphatic heterocycles. The van der Waals surface area contributed by atoms with Gasteiger partial charge in [0.25, 0.3) is 5.91 Å². The highest BCUT2D eigenvalue weighted by molar-refractivity contribution is 6.12. The Morgan fingerprint density at radius 2 is 1.41 bits per heavy atom. The highest BCUT2D eigenvalue weighted by Crippen LogP contribution is 2.32. The van der Waals surface area contributed by atoms with Crippen LogP contribution in [0.4, 0.5) is 4.79 Å². The smallest absolute Gasteiger partial charge is 0.408 e. The van der Waals surface area contributed by atoms with Crippen LogP contribution < -0.4 is 16.0 Å². The molecule has 0 aliphatic rings. The Bertz CT molecular complexity index is 1170. The number of amides is 3. The van der Waals surface area contributed by atoms with Crippen LogP contribution >= 0.6 is 0 Å². The molecule has 14 heteroatoms. The fraction of sp³-hybridized carbons (Fsp3) is 0.633. The van der Waals surface area contributed by atoms with Gasteiger partial charge < -0.3 is 30.2 Å². The van der Waals surface area contributed by atoms with E-state index in [2.05, 4.69) is 16.0 Å². The number of carbonyl (C=O) groups excluding carboxylic acids is 5. The fourth-order valence-electron chi connectivity index (χ4n) is 4.61. The van der Waals surface area contributed by atoms with Gasteiger partial charge in [-0.1, -0.05) is 58.0 Å². The van der Waals surface area contributed by atoms with Crippen molar-refractivity contribution in [3.63, 3.8) is 0 Å². The molecule has 1 rings (SSSR count). The first kappa shape index (κ1) is 37.8. The average molecular weight is 623 g/mol. The Kier molecular flexibility index (Phi) is 14.2. The Balaban J connectivity index is 3.91. The van der Waals surface area contributed by atoms with Gasteiger partial charge in [-0.25, -0.2) is 14.4 Å². The number of alkyl carbamates (subject to hydrolysis) is 1. The average Bonchev–Trinajstić information content (AvgIpc) is 2.91. The maximum atomic E-state index is 14.3. The minimum Gasteiger partial charge on any atom is -0.467 e. The molecular formula is C30H46N4O10. The van der Waals surface area contributed by atoms with E-state index < -0.39 is 70.5 Å². The van der Waals surface area contributed by atoms with Gasteiger partial charge in [-0.2, -0.15) is 0 Å². The molecule has 0 fully saturated rings. The number of carbonyl (C=O) groups is 5. The molecule has 0 saturated carbocycles. The number of nitrogens with one attached hydrogen (secondary N) is 3. The van der Waals surface area contributed by atoms with Crippen molar-refractivity contribution in [2.24, 2.45) is 11.8 Å². The van der Waals surface area contributed by atoms with Crippen molar-refractivity contribution in [2.45, 2.75) is 90.4 Å². The molecule has 0 radical (unpaired) electrons. The lowest BCUT2D eigenvalue weighted by atomic mass is 9.77. The molecule has 14 nitrogen and oxygen atoms in total. The number of nitro groups is 1. The number of hydrogen-bond donors (Lipinski definition) is 3. The van der Waals surface area contributed by atoms with Crippen molar-refractivity contribution >= 4 is 29.8 Å². The maximum absolute atomic E-state index is 14.3. The molecule has 0 spiro atoms. The maximum Gasteiger partial charge on any atom is 0.408 e. The second kappa shape index (κ2) is 16.6. The van der Waals surface area contributed by atoms with Crippen LogP contribution in [0.5, 0.6) is 0 Å². The Morgan fingerprint density at radius 3 is 1.86 bits per heavy atom. The number of esters is 2. The summed E-state index contributed by atoms with van der Waals surface area (Å²) in [5.74, 6) is -6.30. The molecule has 2 unspecified atom stereocenters. The minimum atomic E-state index is -2.77. The summed E-state index contributed by atoms with van der Waals surface area (Å²) in [7, 11) is 2.08. The Hall–Kier alpha value is -4.23. The SMILES string of the molecule is COC(=O)[C@H](CC(C)C)NC(=O)C(NC(=O)[C@H](CC(C)C)NC(=O)OC(C)(C)C)(C(=O)OC)C(C[N+](=O)[O-])c1ccccc1. The largest absolute Gasteiger partial charge is 0.467 e. The zero-order chi connectivity index (χ0) is 33.8. The van der Waals surface area contributed by atoms with E-state index in [0.717, 1.165) is 14.2 Å². The quantitative estimate of drug-likeness (QED) is 0.0861. The number of methoxy groups -OCH3 is 2. The molecule has 0 bridgehead atoms. The molecule has 0 aromatic heterocycles. The first-order valence-electron chi connectivity index (χ1n) is 14.3. The van der Waals surface area contributed by atoms with Crippen LogP contribution in [0.25, 0.3) is 0 Å². The second-order valence-electron chi connectivity index (χ2n) is 12.3. The van der Waals surface area contributed by atoms with Gasteiger partial charge in [-0.05, 0) is 51.0 Å². The molecule has 3 amide bonds. The van der Waals surface area contributed by atoms with Crippen LogP contribution in [0.3, 0.4) is 0 Å². The van der Waals surface area contributed by atoms with Crippen LogP contribution in [0, 0.1) is 22.0 Å². The molecule has 0 saturated heterocycles. The van der Waals surface area contributed by atoms with E-state index in [9.17, 15) is 34.1 Å². The molecule has 3 N–H and O–H groups in total. The second-order valence-corrected chi connectivity index (χ2v) is 12.3. The third-order valence-electron chi connectivity index (χ3n) is 6.45. The van der Waals surface area contributed by atoms with Crippen molar-refractivity contribution in [2.75, 3.05) is 20.8 Å². The van der Waals surface area contributed by atoms with Crippen LogP contribution in [0.15, 0.2) is 30.3 Å². The molecule has 1 aromatic carbocycles. The standard InChI is InChI=1S/C30H46N4O10/c1-18(2)15-22(32-28(39)44-29(5,6)7)24(35)33-30(27(38)43-9,21(17-34(40)41)20-13-11-10-12-14-20)26(37)31-23(16-19(3)4)25(36)42-8/h10-14,18-19,21-23H,15-17H2,1-9H3,(H,31,37)(H,32,39)(H,33,35)/t21?,22-,23-,30?/m0/s1.